The van der Waals surface area contributed by atoms with Gasteiger partial charge in [-0.2, -0.15) is 0 Å². The number of hydrogen-bond acceptors (Lipinski definition) is 5. The van der Waals surface area contributed by atoms with Crippen molar-refractivity contribution in [3.8, 4) is 0 Å². The number of benzene rings is 2. The van der Waals surface area contributed by atoms with Crippen LogP contribution in [0.1, 0.15) is 49.7 Å². The third-order valence-corrected chi connectivity index (χ3v) is 9.34. The van der Waals surface area contributed by atoms with Crippen LogP contribution in [0.25, 0.3) is 33.0 Å². The maximum atomic E-state index is 15.4. The molecule has 4 bridgehead atoms. The molecule has 1 aliphatic carbocycles. The van der Waals surface area contributed by atoms with Gasteiger partial charge in [-0.25, -0.2) is 4.39 Å². The molecule has 0 radical (unpaired) electrons. The first-order valence-electron chi connectivity index (χ1n) is 14.9. The zero-order valence-corrected chi connectivity index (χ0v) is 23.2. The molecule has 5 heterocycles. The molecule has 4 aromatic rings. The maximum Gasteiger partial charge on any atom is 0.259 e. The van der Waals surface area contributed by atoms with Gasteiger partial charge in [0.25, 0.3) is 11.8 Å². The predicted molar refractivity (Wildman–Crippen MR) is 155 cm³/mol. The van der Waals surface area contributed by atoms with Crippen LogP contribution >= 0.6 is 0 Å². The van der Waals surface area contributed by atoms with Crippen molar-refractivity contribution in [3.63, 3.8) is 0 Å². The number of nitrogens with one attached hydrogen (secondary N) is 1. The highest BCUT2D eigenvalue weighted by atomic mass is 19.1. The zero-order chi connectivity index (χ0) is 28.4. The van der Waals surface area contributed by atoms with E-state index in [0.717, 1.165) is 36.6 Å². The Hall–Kier alpha value is -3.79. The van der Waals surface area contributed by atoms with Gasteiger partial charge in [-0.05, 0) is 37.5 Å². The van der Waals surface area contributed by atoms with Crippen LogP contribution in [0.3, 0.4) is 0 Å². The molecule has 2 aromatic carbocycles. The summed E-state index contributed by atoms with van der Waals surface area (Å²) in [4.78, 5) is 26.7. The number of aryl methyl sites for hydroxylation is 1. The molecule has 2 atom stereocenters. The van der Waals surface area contributed by atoms with E-state index >= 15 is 4.39 Å². The number of ether oxygens (including phenoxy) is 3. The molecule has 1 saturated carbocycles. The Kier molecular flexibility index (Phi) is 6.10. The van der Waals surface area contributed by atoms with Crippen molar-refractivity contribution in [1.29, 1.82) is 0 Å². The van der Waals surface area contributed by atoms with Crippen LogP contribution in [0.15, 0.2) is 54.9 Å². The fraction of sp³-hybridized carbons (Fsp3) is 0.394. The maximum absolute atomic E-state index is 15.4. The van der Waals surface area contributed by atoms with Crippen molar-refractivity contribution in [2.75, 3.05) is 13.2 Å². The highest BCUT2D eigenvalue weighted by Gasteiger charge is 2.45. The molecule has 3 aliphatic heterocycles. The lowest BCUT2D eigenvalue weighted by Crippen LogP contribution is -2.37. The highest BCUT2D eigenvalue weighted by molar-refractivity contribution is 6.50. The number of carbonyl (C=O) groups is 2. The number of aromatic nitrogens is 2. The Balaban J connectivity index is 1.28. The summed E-state index contributed by atoms with van der Waals surface area (Å²) < 4.78 is 38.9. The summed E-state index contributed by atoms with van der Waals surface area (Å²) in [6.45, 7) is 1.92. The minimum absolute atomic E-state index is 0.195. The van der Waals surface area contributed by atoms with Gasteiger partial charge in [0.1, 0.15) is 11.9 Å². The number of carbonyl (C=O) groups excluding carboxylic acids is 2. The van der Waals surface area contributed by atoms with Gasteiger partial charge in [-0.3, -0.25) is 14.9 Å². The van der Waals surface area contributed by atoms with E-state index in [1.54, 1.807) is 12.3 Å². The number of nitrogens with zero attached hydrogens (tertiary/aromatic N) is 2. The summed E-state index contributed by atoms with van der Waals surface area (Å²) in [6, 6.07) is 12.7. The highest BCUT2D eigenvalue weighted by Crippen LogP contribution is 2.41. The van der Waals surface area contributed by atoms with E-state index in [4.69, 9.17) is 14.2 Å². The quantitative estimate of drug-likeness (QED) is 0.320. The summed E-state index contributed by atoms with van der Waals surface area (Å²) in [7, 11) is 0. The third kappa shape index (κ3) is 4.06. The molecule has 1 saturated heterocycles. The first-order valence-corrected chi connectivity index (χ1v) is 14.9. The SMILES string of the molecule is O=C1NC(=O)C2=C1c1cn(c3ccccc13)CC[C@@H](C1COC3(CCCCC3)O1)OCCn1cc2c2c(F)cccc21. The monoisotopic (exact) mass is 569 g/mol. The van der Waals surface area contributed by atoms with Crippen LogP contribution in [0, 0.1) is 5.82 Å². The van der Waals surface area contributed by atoms with E-state index in [1.165, 1.54) is 12.5 Å². The molecule has 2 amide bonds. The minimum Gasteiger partial charge on any atom is -0.373 e. The largest absolute Gasteiger partial charge is 0.373 e. The predicted octanol–water partition coefficient (Wildman–Crippen LogP) is 5.17. The number of halogens is 1. The van der Waals surface area contributed by atoms with Crippen LogP contribution in [-0.4, -0.2) is 52.2 Å². The van der Waals surface area contributed by atoms with Gasteiger partial charge in [0.05, 0.1) is 36.0 Å². The fourth-order valence-corrected chi connectivity index (χ4v) is 7.34. The van der Waals surface area contributed by atoms with E-state index in [1.807, 2.05) is 41.1 Å². The number of fused-ring (bicyclic) bond motifs is 12. The van der Waals surface area contributed by atoms with Crippen LogP contribution in [-0.2, 0) is 36.9 Å². The lowest BCUT2D eigenvalue weighted by Gasteiger charge is -2.33. The number of hydrogen-bond donors (Lipinski definition) is 1. The van der Waals surface area contributed by atoms with Crippen LogP contribution in [0.5, 0.6) is 0 Å². The van der Waals surface area contributed by atoms with E-state index < -0.39 is 23.4 Å². The van der Waals surface area contributed by atoms with Gasteiger partial charge in [-0.15, -0.1) is 0 Å². The molecule has 1 unspecified atom stereocenters. The first kappa shape index (κ1) is 25.9. The van der Waals surface area contributed by atoms with Gasteiger partial charge in [0.15, 0.2) is 5.79 Å². The Morgan fingerprint density at radius 3 is 2.43 bits per heavy atom. The topological polar surface area (TPSA) is 83.7 Å². The summed E-state index contributed by atoms with van der Waals surface area (Å²) >= 11 is 0. The number of para-hydroxylation sites is 1. The molecule has 9 heteroatoms. The molecule has 4 aliphatic rings. The lowest BCUT2D eigenvalue weighted by atomic mass is 9.94. The molecule has 8 rings (SSSR count). The molecule has 216 valence electrons. The van der Waals surface area contributed by atoms with E-state index in [0.29, 0.717) is 54.8 Å². The van der Waals surface area contributed by atoms with Crippen molar-refractivity contribution in [1.82, 2.24) is 14.5 Å². The molecule has 1 N–H and O–H groups in total. The second-order valence-corrected chi connectivity index (χ2v) is 11.8. The lowest BCUT2D eigenvalue weighted by molar-refractivity contribution is -0.199. The van der Waals surface area contributed by atoms with Crippen molar-refractivity contribution in [2.24, 2.45) is 0 Å². The fourth-order valence-electron chi connectivity index (χ4n) is 7.34. The number of imide groups is 1. The molecule has 1 spiro atoms. The van der Waals surface area contributed by atoms with Gasteiger partial charge in [-0.1, -0.05) is 30.7 Å². The van der Waals surface area contributed by atoms with Crippen LogP contribution in [0.2, 0.25) is 0 Å². The third-order valence-electron chi connectivity index (χ3n) is 9.34. The number of rotatable bonds is 1. The van der Waals surface area contributed by atoms with Crippen LogP contribution < -0.4 is 5.32 Å². The van der Waals surface area contributed by atoms with E-state index in [2.05, 4.69) is 9.88 Å². The van der Waals surface area contributed by atoms with Crippen molar-refractivity contribution < 1.29 is 28.2 Å². The zero-order valence-electron chi connectivity index (χ0n) is 23.2. The summed E-state index contributed by atoms with van der Waals surface area (Å²) in [5.41, 5.74) is 3.11. The Morgan fingerprint density at radius 1 is 0.833 bits per heavy atom. The number of amides is 2. The first-order chi connectivity index (χ1) is 20.5. The van der Waals surface area contributed by atoms with Crippen molar-refractivity contribution >= 4 is 44.8 Å². The van der Waals surface area contributed by atoms with Gasteiger partial charge < -0.3 is 23.3 Å². The standard InChI is InChI=1S/C33H32FN3O5/c34-23-8-6-10-25-28(23)22-18-37(25)15-16-40-26(27-19-41-33(42-27)12-4-1-5-13-33)11-14-36-17-21(20-7-2-3-9-24(20)36)29-30(22)32(39)35-31(29)38/h2-3,6-10,17-18,26-27H,1,4-5,11-16,19H2,(H,35,38,39)/t26-,27?/m0/s1. The molecule has 2 fully saturated rings. The van der Waals surface area contributed by atoms with E-state index in [9.17, 15) is 9.59 Å². The molecular formula is C33H32FN3O5. The van der Waals surface area contributed by atoms with Gasteiger partial charge >= 0.3 is 0 Å². The second kappa shape index (κ2) is 9.90. The smallest absolute Gasteiger partial charge is 0.259 e. The van der Waals surface area contributed by atoms with E-state index in [-0.39, 0.29) is 23.4 Å². The minimum atomic E-state index is -0.521. The van der Waals surface area contributed by atoms with Crippen molar-refractivity contribution in [2.45, 2.75) is 69.6 Å². The summed E-state index contributed by atoms with van der Waals surface area (Å²) in [5, 5.41) is 3.65. The average Bonchev–Trinajstić information content (AvgIpc) is 3.74. The Labute approximate surface area is 242 Å². The normalized spacial score (nSPS) is 24.4. The second-order valence-electron chi connectivity index (χ2n) is 11.8. The van der Waals surface area contributed by atoms with Crippen molar-refractivity contribution in [3.05, 3.63) is 71.8 Å². The molecule has 8 nitrogen and oxygen atoms in total. The molecule has 42 heavy (non-hydrogen) atoms. The summed E-state index contributed by atoms with van der Waals surface area (Å²) in [6.07, 6.45) is 9.19. The van der Waals surface area contributed by atoms with Gasteiger partial charge in [0, 0.05) is 65.7 Å². The Morgan fingerprint density at radius 2 is 1.57 bits per heavy atom. The molecule has 2 aromatic heterocycles. The average molecular weight is 570 g/mol. The molecular weight excluding hydrogens is 537 g/mol. The van der Waals surface area contributed by atoms with Crippen LogP contribution in [0.4, 0.5) is 4.39 Å². The van der Waals surface area contributed by atoms with Gasteiger partial charge in [0.2, 0.25) is 0 Å². The Bertz CT molecular complexity index is 1780. The summed E-state index contributed by atoms with van der Waals surface area (Å²) in [5.74, 6) is -1.95.